The van der Waals surface area contributed by atoms with Crippen LogP contribution in [0.25, 0.3) is 0 Å². The molecule has 1 saturated heterocycles. The number of piperidine rings is 1. The van der Waals surface area contributed by atoms with Gasteiger partial charge in [-0.1, -0.05) is 6.07 Å². The summed E-state index contributed by atoms with van der Waals surface area (Å²) in [4.78, 5) is 33.9. The predicted octanol–water partition coefficient (Wildman–Crippen LogP) is 1.71. The maximum absolute atomic E-state index is 12.5. The smallest absolute Gasteiger partial charge is 0.255 e. The number of amides is 1. The molecular weight excluding hydrogens is 354 g/mol. The number of fused-ring (bicyclic) bond motifs is 3. The number of hydrogen-bond donors (Lipinski definition) is 3. The van der Waals surface area contributed by atoms with Gasteiger partial charge in [0.15, 0.2) is 0 Å². The molecule has 1 aromatic heterocycles. The number of hydrogen-bond acceptors (Lipinski definition) is 5. The Kier molecular flexibility index (Phi) is 3.92. The molecule has 0 atom stereocenters. The van der Waals surface area contributed by atoms with Gasteiger partial charge in [-0.3, -0.25) is 14.6 Å². The highest BCUT2D eigenvalue weighted by atomic mass is 16.1. The van der Waals surface area contributed by atoms with Gasteiger partial charge in [-0.25, -0.2) is 4.98 Å². The molecule has 1 aromatic carbocycles. The van der Waals surface area contributed by atoms with Crippen LogP contribution in [0.1, 0.15) is 52.9 Å². The number of H-pyrrole nitrogens is 1. The van der Waals surface area contributed by atoms with E-state index >= 15 is 0 Å². The number of aromatic nitrogens is 2. The minimum atomic E-state index is -0.400. The summed E-state index contributed by atoms with van der Waals surface area (Å²) in [6, 6.07) is 5.73. The lowest BCUT2D eigenvalue weighted by atomic mass is 9.74. The molecular formula is C21H25N5O2. The first-order valence-corrected chi connectivity index (χ1v) is 10.1. The van der Waals surface area contributed by atoms with E-state index in [0.29, 0.717) is 5.56 Å². The molecule has 1 fully saturated rings. The molecule has 5 rings (SSSR count). The van der Waals surface area contributed by atoms with Crippen molar-refractivity contribution in [1.29, 1.82) is 0 Å². The zero-order valence-corrected chi connectivity index (χ0v) is 15.9. The van der Waals surface area contributed by atoms with Crippen molar-refractivity contribution in [2.75, 3.05) is 29.9 Å². The molecule has 7 nitrogen and oxygen atoms in total. The van der Waals surface area contributed by atoms with Crippen molar-refractivity contribution < 1.29 is 4.79 Å². The zero-order valence-electron chi connectivity index (χ0n) is 15.9. The lowest BCUT2D eigenvalue weighted by molar-refractivity contribution is 0.100. The Morgan fingerprint density at radius 1 is 1.18 bits per heavy atom. The van der Waals surface area contributed by atoms with E-state index in [1.807, 2.05) is 18.2 Å². The van der Waals surface area contributed by atoms with E-state index in [9.17, 15) is 9.59 Å². The minimum Gasteiger partial charge on any atom is -0.384 e. The fourth-order valence-electron chi connectivity index (χ4n) is 5.00. The third kappa shape index (κ3) is 2.68. The number of aryl methyl sites for hydroxylation is 1. The summed E-state index contributed by atoms with van der Waals surface area (Å²) in [6.07, 6.45) is 5.89. The Hall–Kier alpha value is -2.83. The zero-order chi connectivity index (χ0) is 19.3. The van der Waals surface area contributed by atoms with Crippen LogP contribution in [0.4, 0.5) is 11.6 Å². The minimum absolute atomic E-state index is 0.0341. The molecule has 1 aliphatic carbocycles. The largest absolute Gasteiger partial charge is 0.384 e. The van der Waals surface area contributed by atoms with Gasteiger partial charge in [0.05, 0.1) is 5.69 Å². The standard InChI is InChI=1S/C21H25N5O2/c22-18(27)13-5-6-15-17(11-13)23-12-21(15)7-9-26(10-8-21)20-24-16-4-2-1-3-14(16)19(28)25-20/h5-6,11,23H,1-4,7-10,12H2,(H2,22,27)(H,24,25,28). The van der Waals surface area contributed by atoms with Gasteiger partial charge in [0.2, 0.25) is 11.9 Å². The lowest BCUT2D eigenvalue weighted by Gasteiger charge is -2.39. The molecule has 1 amide bonds. The van der Waals surface area contributed by atoms with Crippen LogP contribution in [0.2, 0.25) is 0 Å². The van der Waals surface area contributed by atoms with Crippen molar-refractivity contribution in [2.24, 2.45) is 5.73 Å². The molecule has 28 heavy (non-hydrogen) atoms. The van der Waals surface area contributed by atoms with Crippen LogP contribution in [0.5, 0.6) is 0 Å². The molecule has 7 heteroatoms. The van der Waals surface area contributed by atoms with E-state index in [0.717, 1.165) is 81.1 Å². The number of carbonyl (C=O) groups is 1. The van der Waals surface area contributed by atoms with Crippen molar-refractivity contribution in [3.8, 4) is 0 Å². The highest BCUT2D eigenvalue weighted by molar-refractivity contribution is 5.94. The molecule has 2 aromatic rings. The molecule has 0 unspecified atom stereocenters. The summed E-state index contributed by atoms with van der Waals surface area (Å²) < 4.78 is 0. The van der Waals surface area contributed by atoms with Crippen molar-refractivity contribution in [1.82, 2.24) is 9.97 Å². The Bertz CT molecular complexity index is 1000. The van der Waals surface area contributed by atoms with Gasteiger partial charge in [-0.15, -0.1) is 0 Å². The van der Waals surface area contributed by atoms with Crippen molar-refractivity contribution >= 4 is 17.5 Å². The highest BCUT2D eigenvalue weighted by Gasteiger charge is 2.42. The van der Waals surface area contributed by atoms with Gasteiger partial charge in [0.25, 0.3) is 5.56 Å². The normalized spacial score (nSPS) is 19.8. The van der Waals surface area contributed by atoms with Crippen molar-refractivity contribution in [3.63, 3.8) is 0 Å². The van der Waals surface area contributed by atoms with E-state index in [2.05, 4.69) is 15.2 Å². The Morgan fingerprint density at radius 2 is 1.96 bits per heavy atom. The quantitative estimate of drug-likeness (QED) is 0.737. The number of nitrogens with two attached hydrogens (primary N) is 1. The number of nitrogens with one attached hydrogen (secondary N) is 2. The molecule has 0 bridgehead atoms. The van der Waals surface area contributed by atoms with E-state index < -0.39 is 5.91 Å². The number of rotatable bonds is 2. The fourth-order valence-corrected chi connectivity index (χ4v) is 5.00. The summed E-state index contributed by atoms with van der Waals surface area (Å²) in [5.41, 5.74) is 10.2. The number of primary amides is 1. The van der Waals surface area contributed by atoms with E-state index in [-0.39, 0.29) is 11.0 Å². The van der Waals surface area contributed by atoms with Gasteiger partial charge in [-0.05, 0) is 56.2 Å². The summed E-state index contributed by atoms with van der Waals surface area (Å²) in [6.45, 7) is 2.56. The third-order valence-electron chi connectivity index (χ3n) is 6.69. The average molecular weight is 379 g/mol. The van der Waals surface area contributed by atoms with Gasteiger partial charge in [0.1, 0.15) is 0 Å². The maximum atomic E-state index is 12.5. The fraction of sp³-hybridized carbons (Fsp3) is 0.476. The first-order chi connectivity index (χ1) is 13.6. The monoisotopic (exact) mass is 379 g/mol. The topological polar surface area (TPSA) is 104 Å². The molecule has 0 saturated carbocycles. The van der Waals surface area contributed by atoms with Crippen LogP contribution < -0.4 is 21.5 Å². The molecule has 4 N–H and O–H groups in total. The van der Waals surface area contributed by atoms with Crippen LogP contribution in [-0.2, 0) is 18.3 Å². The number of aromatic amines is 1. The SMILES string of the molecule is NC(=O)c1ccc2c(c1)NCC21CCN(c2nc3c(c(=O)[nH]2)CCCC3)CC1. The van der Waals surface area contributed by atoms with Gasteiger partial charge >= 0.3 is 0 Å². The summed E-state index contributed by atoms with van der Waals surface area (Å²) in [5, 5.41) is 3.46. The summed E-state index contributed by atoms with van der Waals surface area (Å²) in [5.74, 6) is 0.318. The number of nitrogens with zero attached hydrogens (tertiary/aromatic N) is 2. The van der Waals surface area contributed by atoms with Crippen LogP contribution in [0.15, 0.2) is 23.0 Å². The third-order valence-corrected chi connectivity index (χ3v) is 6.69. The second kappa shape index (κ2) is 6.36. The summed E-state index contributed by atoms with van der Waals surface area (Å²) >= 11 is 0. The lowest BCUT2D eigenvalue weighted by Crippen LogP contribution is -2.45. The molecule has 146 valence electrons. The summed E-state index contributed by atoms with van der Waals surface area (Å²) in [7, 11) is 0. The highest BCUT2D eigenvalue weighted by Crippen LogP contribution is 2.44. The second-order valence-electron chi connectivity index (χ2n) is 8.27. The molecule has 3 heterocycles. The maximum Gasteiger partial charge on any atom is 0.255 e. The van der Waals surface area contributed by atoms with Gasteiger partial charge in [0, 0.05) is 41.9 Å². The van der Waals surface area contributed by atoms with Crippen molar-refractivity contribution in [2.45, 2.75) is 43.9 Å². The van der Waals surface area contributed by atoms with Gasteiger partial charge < -0.3 is 16.0 Å². The van der Waals surface area contributed by atoms with E-state index in [1.165, 1.54) is 5.56 Å². The van der Waals surface area contributed by atoms with Crippen LogP contribution in [-0.4, -0.2) is 35.5 Å². The van der Waals surface area contributed by atoms with E-state index in [4.69, 9.17) is 10.7 Å². The van der Waals surface area contributed by atoms with Crippen LogP contribution in [0.3, 0.4) is 0 Å². The van der Waals surface area contributed by atoms with E-state index in [1.54, 1.807) is 0 Å². The Labute approximate surface area is 163 Å². The molecule has 3 aliphatic rings. The van der Waals surface area contributed by atoms with Crippen LogP contribution >= 0.6 is 0 Å². The number of anilines is 2. The Morgan fingerprint density at radius 3 is 2.75 bits per heavy atom. The van der Waals surface area contributed by atoms with Crippen molar-refractivity contribution in [3.05, 3.63) is 50.9 Å². The Balaban J connectivity index is 1.38. The first kappa shape index (κ1) is 17.3. The predicted molar refractivity (Wildman–Crippen MR) is 108 cm³/mol. The molecule has 0 radical (unpaired) electrons. The van der Waals surface area contributed by atoms with Gasteiger partial charge in [-0.2, -0.15) is 0 Å². The molecule has 2 aliphatic heterocycles. The average Bonchev–Trinajstić information content (AvgIpc) is 3.06. The van der Waals surface area contributed by atoms with Crippen LogP contribution in [0, 0.1) is 0 Å². The number of benzene rings is 1. The number of carbonyl (C=O) groups excluding carboxylic acids is 1. The molecule has 1 spiro atoms. The first-order valence-electron chi connectivity index (χ1n) is 10.1. The second-order valence-corrected chi connectivity index (χ2v) is 8.27.